The molecule has 1 saturated heterocycles. The van der Waals surface area contributed by atoms with Gasteiger partial charge in [0, 0.05) is 56.6 Å². The van der Waals surface area contributed by atoms with E-state index in [0.717, 1.165) is 49.2 Å². The first-order valence-corrected chi connectivity index (χ1v) is 11.2. The summed E-state index contributed by atoms with van der Waals surface area (Å²) in [6.45, 7) is 4.09. The third-order valence-corrected chi connectivity index (χ3v) is 5.53. The topological polar surface area (TPSA) is 61.4 Å². The summed E-state index contributed by atoms with van der Waals surface area (Å²) in [7, 11) is 9.49. The number of anilines is 1. The van der Waals surface area contributed by atoms with Gasteiger partial charge < -0.3 is 29.9 Å². The van der Waals surface area contributed by atoms with Gasteiger partial charge >= 0.3 is 0 Å². The molecule has 0 bridgehead atoms. The fourth-order valence-electron chi connectivity index (χ4n) is 3.77. The lowest BCUT2D eigenvalue weighted by Crippen LogP contribution is -2.44. The van der Waals surface area contributed by atoms with E-state index in [2.05, 4.69) is 51.7 Å². The average molecular weight is 420 g/mol. The third-order valence-electron chi connectivity index (χ3n) is 5.53. The highest BCUT2D eigenvalue weighted by Crippen LogP contribution is 2.30. The van der Waals surface area contributed by atoms with E-state index in [0.29, 0.717) is 6.04 Å². The average Bonchev–Trinajstić information content (AvgIpc) is 3.22. The summed E-state index contributed by atoms with van der Waals surface area (Å²) in [6, 6.07) is 6.41. The van der Waals surface area contributed by atoms with E-state index in [1.165, 1.54) is 38.6 Å². The fourth-order valence-corrected chi connectivity index (χ4v) is 3.77. The molecule has 0 aromatic heterocycles. The molecule has 1 aliphatic heterocycles. The highest BCUT2D eigenvalue weighted by Gasteiger charge is 2.24. The van der Waals surface area contributed by atoms with Crippen LogP contribution in [0.4, 0.5) is 5.69 Å². The number of methoxy groups -OCH3 is 2. The molecule has 1 unspecified atom stereocenters. The SMILES string of the molecule is CN=C(NCCCCCCCN(C)C)NC1CCN(c2cc(OC)cc(OC)c2)C1. The van der Waals surface area contributed by atoms with Crippen molar-refractivity contribution in [2.45, 2.75) is 44.6 Å². The largest absolute Gasteiger partial charge is 0.497 e. The maximum absolute atomic E-state index is 5.41. The Morgan fingerprint density at radius 2 is 1.73 bits per heavy atom. The van der Waals surface area contributed by atoms with Crippen molar-refractivity contribution in [1.29, 1.82) is 0 Å². The molecule has 0 saturated carbocycles. The van der Waals surface area contributed by atoms with Crippen molar-refractivity contribution in [1.82, 2.24) is 15.5 Å². The van der Waals surface area contributed by atoms with Crippen molar-refractivity contribution in [3.05, 3.63) is 18.2 Å². The summed E-state index contributed by atoms with van der Waals surface area (Å²) in [5.74, 6) is 2.54. The molecule has 7 heteroatoms. The highest BCUT2D eigenvalue weighted by atomic mass is 16.5. The number of ether oxygens (including phenoxy) is 2. The van der Waals surface area contributed by atoms with Crippen molar-refractivity contribution < 1.29 is 9.47 Å². The Morgan fingerprint density at radius 1 is 1.07 bits per heavy atom. The van der Waals surface area contributed by atoms with Gasteiger partial charge in [-0.1, -0.05) is 19.3 Å². The van der Waals surface area contributed by atoms with Crippen molar-refractivity contribution >= 4 is 11.6 Å². The van der Waals surface area contributed by atoms with E-state index < -0.39 is 0 Å². The lowest BCUT2D eigenvalue weighted by molar-refractivity contribution is 0.389. The van der Waals surface area contributed by atoms with Gasteiger partial charge in [0.05, 0.1) is 14.2 Å². The Bertz CT molecular complexity index is 628. The minimum atomic E-state index is 0.374. The fraction of sp³-hybridized carbons (Fsp3) is 0.696. The molecule has 1 heterocycles. The van der Waals surface area contributed by atoms with Crippen molar-refractivity contribution in [3.8, 4) is 11.5 Å². The Kier molecular flexibility index (Phi) is 10.6. The van der Waals surface area contributed by atoms with E-state index >= 15 is 0 Å². The normalized spacial score (nSPS) is 16.8. The van der Waals surface area contributed by atoms with Crippen molar-refractivity contribution in [3.63, 3.8) is 0 Å². The zero-order valence-corrected chi connectivity index (χ0v) is 19.5. The second-order valence-corrected chi connectivity index (χ2v) is 8.22. The quantitative estimate of drug-likeness (QED) is 0.309. The predicted octanol–water partition coefficient (Wildman–Crippen LogP) is 2.96. The third kappa shape index (κ3) is 8.30. The molecule has 1 aromatic rings. The van der Waals surface area contributed by atoms with Crippen molar-refractivity contribution in [2.24, 2.45) is 4.99 Å². The summed E-state index contributed by atoms with van der Waals surface area (Å²) in [5, 5.41) is 7.04. The zero-order chi connectivity index (χ0) is 21.8. The Hall–Kier alpha value is -2.15. The Morgan fingerprint density at radius 3 is 2.37 bits per heavy atom. The molecule has 0 aliphatic carbocycles. The number of rotatable bonds is 12. The highest BCUT2D eigenvalue weighted by molar-refractivity contribution is 5.80. The minimum absolute atomic E-state index is 0.374. The molecule has 2 N–H and O–H groups in total. The number of aliphatic imine (C=N–C) groups is 1. The molecule has 1 fully saturated rings. The van der Waals surface area contributed by atoms with Gasteiger partial charge in [-0.2, -0.15) is 0 Å². The van der Waals surface area contributed by atoms with Gasteiger partial charge in [-0.05, 0) is 39.9 Å². The summed E-state index contributed by atoms with van der Waals surface area (Å²) < 4.78 is 10.8. The standard InChI is InChI=1S/C23H41N5O2/c1-24-23(25-12-9-7-6-8-10-13-27(2)3)26-19-11-14-28(18-19)20-15-21(29-4)17-22(16-20)30-5/h15-17,19H,6-14,18H2,1-5H3,(H2,24,25,26). The monoisotopic (exact) mass is 419 g/mol. The number of unbranched alkanes of at least 4 members (excludes halogenated alkanes) is 4. The van der Waals surface area contributed by atoms with Gasteiger partial charge in [-0.25, -0.2) is 0 Å². The van der Waals surface area contributed by atoms with Crippen LogP contribution in [0.2, 0.25) is 0 Å². The molecule has 1 aromatic carbocycles. The van der Waals surface area contributed by atoms with E-state index in [1.807, 2.05) is 13.1 Å². The second-order valence-electron chi connectivity index (χ2n) is 8.22. The van der Waals surface area contributed by atoms with Crippen LogP contribution in [0.5, 0.6) is 11.5 Å². The van der Waals surface area contributed by atoms with E-state index in [-0.39, 0.29) is 0 Å². The van der Waals surface area contributed by atoms with Crippen LogP contribution in [0, 0.1) is 0 Å². The van der Waals surface area contributed by atoms with Crippen molar-refractivity contribution in [2.75, 3.05) is 66.4 Å². The smallest absolute Gasteiger partial charge is 0.191 e. The van der Waals surface area contributed by atoms with Gasteiger partial charge in [-0.15, -0.1) is 0 Å². The number of nitrogens with zero attached hydrogens (tertiary/aromatic N) is 3. The van der Waals surface area contributed by atoms with Crippen LogP contribution in [-0.4, -0.2) is 78.4 Å². The Balaban J connectivity index is 1.70. The zero-order valence-electron chi connectivity index (χ0n) is 19.5. The molecule has 0 radical (unpaired) electrons. The maximum atomic E-state index is 5.41. The predicted molar refractivity (Wildman–Crippen MR) is 126 cm³/mol. The summed E-state index contributed by atoms with van der Waals surface area (Å²) in [6.07, 6.45) is 7.45. The summed E-state index contributed by atoms with van der Waals surface area (Å²) >= 11 is 0. The summed E-state index contributed by atoms with van der Waals surface area (Å²) in [4.78, 5) is 9.02. The van der Waals surface area contributed by atoms with Crippen LogP contribution in [-0.2, 0) is 0 Å². The van der Waals surface area contributed by atoms with Gasteiger partial charge in [0.15, 0.2) is 5.96 Å². The van der Waals surface area contributed by atoms with Crippen LogP contribution in [0.25, 0.3) is 0 Å². The molecule has 7 nitrogen and oxygen atoms in total. The molecule has 0 amide bonds. The Labute approximate surface area is 182 Å². The van der Waals surface area contributed by atoms with Gasteiger partial charge in [0.2, 0.25) is 0 Å². The molecule has 0 spiro atoms. The van der Waals surface area contributed by atoms with Gasteiger partial charge in [0.1, 0.15) is 11.5 Å². The van der Waals surface area contributed by atoms with Gasteiger partial charge in [0.25, 0.3) is 0 Å². The molecule has 30 heavy (non-hydrogen) atoms. The van der Waals surface area contributed by atoms with E-state index in [1.54, 1.807) is 14.2 Å². The number of hydrogen-bond acceptors (Lipinski definition) is 5. The van der Waals surface area contributed by atoms with Crippen LogP contribution in [0.15, 0.2) is 23.2 Å². The number of nitrogens with one attached hydrogen (secondary N) is 2. The van der Waals surface area contributed by atoms with Crippen LogP contribution < -0.4 is 25.0 Å². The van der Waals surface area contributed by atoms with Crippen LogP contribution in [0.1, 0.15) is 38.5 Å². The van der Waals surface area contributed by atoms with E-state index in [4.69, 9.17) is 9.47 Å². The van der Waals surface area contributed by atoms with Crippen LogP contribution in [0.3, 0.4) is 0 Å². The molecule has 1 atom stereocenters. The first kappa shape index (κ1) is 24.1. The van der Waals surface area contributed by atoms with Gasteiger partial charge in [-0.3, -0.25) is 4.99 Å². The molecule has 1 aliphatic rings. The van der Waals surface area contributed by atoms with Crippen LogP contribution >= 0.6 is 0 Å². The lowest BCUT2D eigenvalue weighted by atomic mass is 10.1. The first-order valence-electron chi connectivity index (χ1n) is 11.2. The number of hydrogen-bond donors (Lipinski definition) is 2. The maximum Gasteiger partial charge on any atom is 0.191 e. The van der Waals surface area contributed by atoms with E-state index in [9.17, 15) is 0 Å². The number of benzene rings is 1. The minimum Gasteiger partial charge on any atom is -0.497 e. The number of guanidine groups is 1. The molecular weight excluding hydrogens is 378 g/mol. The second kappa shape index (κ2) is 13.2. The lowest BCUT2D eigenvalue weighted by Gasteiger charge is -2.21. The first-order chi connectivity index (χ1) is 14.5. The summed E-state index contributed by atoms with van der Waals surface area (Å²) in [5.41, 5.74) is 1.13. The molecule has 2 rings (SSSR count). The molecule has 170 valence electrons. The molecular formula is C23H41N5O2.